The van der Waals surface area contributed by atoms with E-state index in [0.29, 0.717) is 38.2 Å². The molecular weight excluding hydrogens is 462 g/mol. The highest BCUT2D eigenvalue weighted by Gasteiger charge is 2.36. The first-order valence-corrected chi connectivity index (χ1v) is 12.8. The highest BCUT2D eigenvalue weighted by molar-refractivity contribution is 7.92. The normalized spacial score (nSPS) is 21.8. The zero-order valence-corrected chi connectivity index (χ0v) is 18.5. The lowest BCUT2D eigenvalue weighted by Crippen LogP contribution is -2.37. The van der Waals surface area contributed by atoms with Crippen LogP contribution in [-0.4, -0.2) is 75.6 Å². The summed E-state index contributed by atoms with van der Waals surface area (Å²) < 4.78 is 54.2. The van der Waals surface area contributed by atoms with Gasteiger partial charge in [0.1, 0.15) is 9.79 Å². The SMILES string of the molecule is NC(=O)C1CCN(c2ccc(S(=O)(=O)N[C@@H]3CCNC3)c(S(N)(=O)=O)c2-c2nnn[nH]2)C1. The van der Waals surface area contributed by atoms with Gasteiger partial charge in [-0.1, -0.05) is 0 Å². The minimum Gasteiger partial charge on any atom is -0.370 e. The Morgan fingerprint density at radius 1 is 1.22 bits per heavy atom. The molecule has 0 spiro atoms. The van der Waals surface area contributed by atoms with E-state index in [0.717, 1.165) is 0 Å². The third-order valence-corrected chi connectivity index (χ3v) is 8.25. The molecule has 1 aromatic heterocycles. The fraction of sp³-hybridized carbons (Fsp3) is 0.500. The first-order valence-electron chi connectivity index (χ1n) is 9.79. The standard InChI is InChI=1S/C16H23N9O5S2/c17-15(26)9-4-6-25(8-9)11-1-2-12(32(29,30)22-10-3-5-19-7-10)14(31(18,27)28)13(11)16-20-23-24-21-16/h1-2,9-10,19,22H,3-8H2,(H2,17,26)(H2,18,27,28)(H,20,21,23,24)/t9?,10-/m1/s1. The maximum absolute atomic E-state index is 13.2. The summed E-state index contributed by atoms with van der Waals surface area (Å²) in [5, 5.41) is 21.8. The van der Waals surface area contributed by atoms with E-state index in [4.69, 9.17) is 10.9 Å². The number of nitrogens with two attached hydrogens (primary N) is 2. The first-order chi connectivity index (χ1) is 15.1. The van der Waals surface area contributed by atoms with Crippen molar-refractivity contribution in [3.05, 3.63) is 12.1 Å². The second-order valence-electron chi connectivity index (χ2n) is 7.73. The quantitative estimate of drug-likeness (QED) is 0.277. The van der Waals surface area contributed by atoms with Crippen molar-refractivity contribution in [3.63, 3.8) is 0 Å². The van der Waals surface area contributed by atoms with Gasteiger partial charge in [-0.05, 0) is 41.9 Å². The van der Waals surface area contributed by atoms with Crippen LogP contribution in [0, 0.1) is 5.92 Å². The average molecular weight is 486 g/mol. The molecule has 0 saturated carbocycles. The lowest BCUT2D eigenvalue weighted by molar-refractivity contribution is -0.121. The zero-order valence-electron chi connectivity index (χ0n) is 16.9. The van der Waals surface area contributed by atoms with Crippen LogP contribution in [0.5, 0.6) is 0 Å². The van der Waals surface area contributed by atoms with E-state index in [9.17, 15) is 21.6 Å². The summed E-state index contributed by atoms with van der Waals surface area (Å²) in [4.78, 5) is 12.2. The van der Waals surface area contributed by atoms with E-state index in [1.54, 1.807) is 4.90 Å². The number of rotatable bonds is 7. The van der Waals surface area contributed by atoms with Crippen molar-refractivity contribution in [2.45, 2.75) is 28.7 Å². The van der Waals surface area contributed by atoms with Gasteiger partial charge in [-0.3, -0.25) is 4.79 Å². The molecule has 14 nitrogen and oxygen atoms in total. The van der Waals surface area contributed by atoms with Gasteiger partial charge in [0.05, 0.1) is 11.5 Å². The Morgan fingerprint density at radius 2 is 2.00 bits per heavy atom. The lowest BCUT2D eigenvalue weighted by atomic mass is 10.1. The van der Waals surface area contributed by atoms with Gasteiger partial charge in [0.2, 0.25) is 26.0 Å². The summed E-state index contributed by atoms with van der Waals surface area (Å²) in [6, 6.07) is 2.25. The Morgan fingerprint density at radius 3 is 2.56 bits per heavy atom. The summed E-state index contributed by atoms with van der Waals surface area (Å²) in [6.07, 6.45) is 1.02. The minimum atomic E-state index is -4.56. The van der Waals surface area contributed by atoms with Crippen LogP contribution in [0.3, 0.4) is 0 Å². The molecule has 1 amide bonds. The first kappa shape index (κ1) is 22.5. The monoisotopic (exact) mass is 485 g/mol. The number of hydrogen-bond acceptors (Lipinski definition) is 10. The van der Waals surface area contributed by atoms with Crippen molar-refractivity contribution in [3.8, 4) is 11.4 Å². The molecule has 32 heavy (non-hydrogen) atoms. The molecule has 1 aromatic carbocycles. The number of benzene rings is 1. The van der Waals surface area contributed by atoms with Gasteiger partial charge in [-0.25, -0.2) is 31.8 Å². The van der Waals surface area contributed by atoms with Crippen molar-refractivity contribution in [2.24, 2.45) is 16.8 Å². The largest absolute Gasteiger partial charge is 0.370 e. The molecule has 2 atom stereocenters. The molecule has 2 aromatic rings. The van der Waals surface area contributed by atoms with E-state index in [2.05, 4.69) is 30.7 Å². The predicted octanol–water partition coefficient (Wildman–Crippen LogP) is -2.53. The molecule has 174 valence electrons. The van der Waals surface area contributed by atoms with Gasteiger partial charge in [-0.15, -0.1) is 5.10 Å². The number of primary sulfonamides is 1. The molecular formula is C16H23N9O5S2. The average Bonchev–Trinajstić information content (AvgIpc) is 3.47. The zero-order chi connectivity index (χ0) is 23.1. The van der Waals surface area contributed by atoms with E-state index in [1.807, 2.05) is 0 Å². The molecule has 2 saturated heterocycles. The van der Waals surface area contributed by atoms with Gasteiger partial charge in [0.15, 0.2) is 5.82 Å². The van der Waals surface area contributed by atoms with Gasteiger partial charge in [-0.2, -0.15) is 0 Å². The number of nitrogens with zero attached hydrogens (tertiary/aromatic N) is 4. The summed E-state index contributed by atoms with van der Waals surface area (Å²) in [5.74, 6) is -0.990. The minimum absolute atomic E-state index is 0.0777. The van der Waals surface area contributed by atoms with Crippen molar-refractivity contribution < 1.29 is 21.6 Å². The summed E-state index contributed by atoms with van der Waals surface area (Å²) in [5.41, 5.74) is 5.65. The smallest absolute Gasteiger partial charge is 0.242 e. The number of H-pyrrole nitrogens is 1. The van der Waals surface area contributed by atoms with E-state index >= 15 is 0 Å². The van der Waals surface area contributed by atoms with Crippen molar-refractivity contribution >= 4 is 31.6 Å². The third kappa shape index (κ3) is 4.31. The number of nitrogens with one attached hydrogen (secondary N) is 3. The lowest BCUT2D eigenvalue weighted by Gasteiger charge is -2.24. The number of hydrogen-bond donors (Lipinski definition) is 5. The molecule has 2 fully saturated rings. The molecule has 4 rings (SSSR count). The third-order valence-electron chi connectivity index (χ3n) is 5.57. The molecule has 7 N–H and O–H groups in total. The maximum Gasteiger partial charge on any atom is 0.242 e. The Labute approximate surface area is 184 Å². The van der Waals surface area contributed by atoms with Crippen molar-refractivity contribution in [1.29, 1.82) is 0 Å². The highest BCUT2D eigenvalue weighted by Crippen LogP contribution is 2.40. The fourth-order valence-electron chi connectivity index (χ4n) is 4.05. The van der Waals surface area contributed by atoms with Gasteiger partial charge in [0, 0.05) is 31.4 Å². The summed E-state index contributed by atoms with van der Waals surface area (Å²) in [7, 11) is -8.82. The summed E-state index contributed by atoms with van der Waals surface area (Å²) >= 11 is 0. The van der Waals surface area contributed by atoms with Crippen LogP contribution in [0.1, 0.15) is 12.8 Å². The van der Waals surface area contributed by atoms with Gasteiger partial charge >= 0.3 is 0 Å². The van der Waals surface area contributed by atoms with Crippen LogP contribution in [0.25, 0.3) is 11.4 Å². The second kappa shape index (κ2) is 8.36. The van der Waals surface area contributed by atoms with Gasteiger partial charge < -0.3 is 16.0 Å². The number of primary amides is 1. The number of aromatic nitrogens is 4. The van der Waals surface area contributed by atoms with Crippen LogP contribution in [0.4, 0.5) is 5.69 Å². The van der Waals surface area contributed by atoms with E-state index in [1.165, 1.54) is 12.1 Å². The van der Waals surface area contributed by atoms with Crippen molar-refractivity contribution in [1.82, 2.24) is 30.7 Å². The number of amides is 1. The van der Waals surface area contributed by atoms with Crippen LogP contribution in [-0.2, 0) is 24.8 Å². The van der Waals surface area contributed by atoms with Gasteiger partial charge in [0.25, 0.3) is 0 Å². The highest BCUT2D eigenvalue weighted by atomic mass is 32.2. The number of anilines is 1. The van der Waals surface area contributed by atoms with Crippen LogP contribution in [0.2, 0.25) is 0 Å². The Kier molecular flexibility index (Phi) is 5.89. The second-order valence-corrected chi connectivity index (χ2v) is 10.9. The Hall–Kier alpha value is -2.66. The van der Waals surface area contributed by atoms with Crippen LogP contribution in [0.15, 0.2) is 21.9 Å². The maximum atomic E-state index is 13.2. The molecule has 16 heteroatoms. The molecule has 1 unspecified atom stereocenters. The molecule has 0 bridgehead atoms. The summed E-state index contributed by atoms with van der Waals surface area (Å²) in [6.45, 7) is 1.68. The number of tetrazole rings is 1. The Bertz CT molecular complexity index is 1220. The fourth-order valence-corrected chi connectivity index (χ4v) is 6.93. The topological polar surface area (TPSA) is 219 Å². The number of sulfonamides is 2. The van der Waals surface area contributed by atoms with E-state index in [-0.39, 0.29) is 17.9 Å². The molecule has 3 heterocycles. The number of aromatic amines is 1. The van der Waals surface area contributed by atoms with E-state index < -0.39 is 47.7 Å². The predicted molar refractivity (Wildman–Crippen MR) is 112 cm³/mol. The molecule has 2 aliphatic heterocycles. The molecule has 2 aliphatic rings. The van der Waals surface area contributed by atoms with Crippen LogP contribution >= 0.6 is 0 Å². The van der Waals surface area contributed by atoms with Crippen molar-refractivity contribution in [2.75, 3.05) is 31.1 Å². The van der Waals surface area contributed by atoms with Crippen LogP contribution < -0.4 is 25.8 Å². The molecule has 0 radical (unpaired) electrons. The number of carbonyl (C=O) groups is 1. The molecule has 0 aliphatic carbocycles. The number of carbonyl (C=O) groups excluding carboxylic acids is 1. The Balaban J connectivity index is 1.90.